The number of rotatable bonds is 3. The third-order valence-corrected chi connectivity index (χ3v) is 5.70. The van der Waals surface area contributed by atoms with E-state index in [4.69, 9.17) is 0 Å². The van der Waals surface area contributed by atoms with E-state index in [0.717, 1.165) is 17.7 Å². The molecule has 1 aliphatic rings. The number of aryl methyl sites for hydroxylation is 1. The molecule has 0 bridgehead atoms. The quantitative estimate of drug-likeness (QED) is 0.851. The van der Waals surface area contributed by atoms with Gasteiger partial charge in [-0.2, -0.15) is 0 Å². The molecule has 1 aliphatic carbocycles. The van der Waals surface area contributed by atoms with Crippen molar-refractivity contribution in [3.63, 3.8) is 0 Å². The van der Waals surface area contributed by atoms with Crippen LogP contribution in [0.2, 0.25) is 0 Å². The minimum absolute atomic E-state index is 0.264. The summed E-state index contributed by atoms with van der Waals surface area (Å²) in [5.41, 5.74) is 1.22. The number of nitrogens with one attached hydrogen (secondary N) is 1. The highest BCUT2D eigenvalue weighted by Gasteiger charge is 2.28. The summed E-state index contributed by atoms with van der Waals surface area (Å²) in [6.07, 6.45) is 5.97. The minimum Gasteiger partial charge on any atom is -0.316 e. The Labute approximate surface area is 113 Å². The second-order valence-electron chi connectivity index (χ2n) is 5.18. The first-order chi connectivity index (χ1) is 8.72. The molecule has 0 heterocycles. The Morgan fingerprint density at radius 1 is 1.11 bits per heavy atom. The summed E-state index contributed by atoms with van der Waals surface area (Å²) in [7, 11) is 1.11. The van der Waals surface area contributed by atoms with Crippen LogP contribution in [0.5, 0.6) is 0 Å². The molecule has 2 nitrogen and oxygen atoms in total. The molecule has 1 N–H and O–H groups in total. The highest BCUT2D eigenvalue weighted by atomic mass is 32.2. The summed E-state index contributed by atoms with van der Waals surface area (Å²) < 4.78 is 12.7. The lowest BCUT2D eigenvalue weighted by molar-refractivity contribution is 0.500. The van der Waals surface area contributed by atoms with Gasteiger partial charge in [0, 0.05) is 10.9 Å². The van der Waals surface area contributed by atoms with Crippen LogP contribution in [-0.4, -0.2) is 22.5 Å². The van der Waals surface area contributed by atoms with E-state index in [2.05, 4.69) is 24.4 Å². The van der Waals surface area contributed by atoms with Crippen LogP contribution in [0.4, 0.5) is 0 Å². The predicted molar refractivity (Wildman–Crippen MR) is 77.3 cm³/mol. The highest BCUT2D eigenvalue weighted by molar-refractivity contribution is 7.85. The lowest BCUT2D eigenvalue weighted by atomic mass is 10.1. The van der Waals surface area contributed by atoms with Gasteiger partial charge in [0.1, 0.15) is 0 Å². The first kappa shape index (κ1) is 13.8. The Morgan fingerprint density at radius 2 is 1.78 bits per heavy atom. The van der Waals surface area contributed by atoms with E-state index in [1.165, 1.54) is 24.8 Å². The molecule has 3 heteroatoms. The maximum Gasteiger partial charge on any atom is 0.0576 e. The molecule has 0 saturated heterocycles. The second kappa shape index (κ2) is 6.48. The van der Waals surface area contributed by atoms with E-state index in [9.17, 15) is 4.21 Å². The van der Waals surface area contributed by atoms with Gasteiger partial charge in [-0.05, 0) is 38.9 Å². The van der Waals surface area contributed by atoms with Gasteiger partial charge in [0.25, 0.3) is 0 Å². The molecule has 100 valence electrons. The van der Waals surface area contributed by atoms with Crippen LogP contribution in [0.15, 0.2) is 29.2 Å². The van der Waals surface area contributed by atoms with Crippen molar-refractivity contribution in [1.29, 1.82) is 0 Å². The average Bonchev–Trinajstić information content (AvgIpc) is 2.63. The smallest absolute Gasteiger partial charge is 0.0576 e. The zero-order valence-corrected chi connectivity index (χ0v) is 12.1. The van der Waals surface area contributed by atoms with Crippen molar-refractivity contribution in [3.05, 3.63) is 29.8 Å². The average molecular weight is 265 g/mol. The van der Waals surface area contributed by atoms with Gasteiger partial charge in [0.05, 0.1) is 16.0 Å². The second-order valence-corrected chi connectivity index (χ2v) is 6.85. The fraction of sp³-hybridized carbons (Fsp3) is 0.600. The van der Waals surface area contributed by atoms with Crippen molar-refractivity contribution >= 4 is 10.8 Å². The molecule has 1 aromatic rings. The molecule has 0 amide bonds. The number of hydrogen-bond donors (Lipinski definition) is 1. The van der Waals surface area contributed by atoms with Crippen LogP contribution in [0, 0.1) is 6.92 Å². The van der Waals surface area contributed by atoms with Gasteiger partial charge < -0.3 is 5.32 Å². The van der Waals surface area contributed by atoms with Crippen molar-refractivity contribution in [2.45, 2.75) is 55.2 Å². The van der Waals surface area contributed by atoms with E-state index in [1.54, 1.807) is 0 Å². The van der Waals surface area contributed by atoms with Crippen LogP contribution in [0.25, 0.3) is 0 Å². The minimum atomic E-state index is -0.882. The van der Waals surface area contributed by atoms with Crippen molar-refractivity contribution < 1.29 is 4.21 Å². The van der Waals surface area contributed by atoms with E-state index in [1.807, 2.05) is 19.2 Å². The monoisotopic (exact) mass is 265 g/mol. The molecule has 3 unspecified atom stereocenters. The normalized spacial score (nSPS) is 26.6. The fourth-order valence-corrected chi connectivity index (χ4v) is 4.41. The highest BCUT2D eigenvalue weighted by Crippen LogP contribution is 2.25. The molecule has 0 aromatic heterocycles. The third-order valence-electron chi connectivity index (χ3n) is 3.85. The van der Waals surface area contributed by atoms with Gasteiger partial charge in [-0.25, -0.2) is 0 Å². The van der Waals surface area contributed by atoms with Gasteiger partial charge in [-0.3, -0.25) is 4.21 Å². The summed E-state index contributed by atoms with van der Waals surface area (Å²) in [6, 6.07) is 8.54. The molecule has 2 rings (SSSR count). The molecule has 0 aliphatic heterocycles. The van der Waals surface area contributed by atoms with Crippen molar-refractivity contribution in [1.82, 2.24) is 5.32 Å². The van der Waals surface area contributed by atoms with E-state index < -0.39 is 10.8 Å². The van der Waals surface area contributed by atoms with Crippen molar-refractivity contribution in [2.24, 2.45) is 0 Å². The largest absolute Gasteiger partial charge is 0.316 e. The molecule has 18 heavy (non-hydrogen) atoms. The van der Waals surface area contributed by atoms with Gasteiger partial charge in [0.15, 0.2) is 0 Å². The van der Waals surface area contributed by atoms with Gasteiger partial charge in [-0.1, -0.05) is 37.0 Å². The zero-order chi connectivity index (χ0) is 13.0. The Hall–Kier alpha value is -0.670. The Morgan fingerprint density at radius 3 is 2.44 bits per heavy atom. The molecular formula is C15H23NOS. The van der Waals surface area contributed by atoms with E-state index in [0.29, 0.717) is 6.04 Å². The van der Waals surface area contributed by atoms with Crippen molar-refractivity contribution in [2.75, 3.05) is 7.05 Å². The zero-order valence-electron chi connectivity index (χ0n) is 11.3. The summed E-state index contributed by atoms with van der Waals surface area (Å²) >= 11 is 0. The Balaban J connectivity index is 2.17. The molecule has 3 atom stereocenters. The maximum atomic E-state index is 12.7. The lowest BCUT2D eigenvalue weighted by Crippen LogP contribution is -2.39. The predicted octanol–water partition coefficient (Wildman–Crippen LogP) is 3.02. The van der Waals surface area contributed by atoms with Gasteiger partial charge >= 0.3 is 0 Å². The Bertz CT molecular complexity index is 401. The standard InChI is InChI=1S/C15H23NOS/c1-12-8-10-13(11-9-12)18(17)15-7-5-3-4-6-14(15)16-2/h8-11,14-16H,3-7H2,1-2H3. The van der Waals surface area contributed by atoms with Crippen LogP contribution in [-0.2, 0) is 10.8 Å². The summed E-state index contributed by atoms with van der Waals surface area (Å²) in [5.74, 6) is 0. The molecule has 1 aromatic carbocycles. The molecule has 0 radical (unpaired) electrons. The fourth-order valence-electron chi connectivity index (χ4n) is 2.71. The van der Waals surface area contributed by atoms with Crippen LogP contribution >= 0.6 is 0 Å². The summed E-state index contributed by atoms with van der Waals surface area (Å²) in [4.78, 5) is 0.979. The van der Waals surface area contributed by atoms with Crippen molar-refractivity contribution in [3.8, 4) is 0 Å². The maximum absolute atomic E-state index is 12.7. The van der Waals surface area contributed by atoms with Gasteiger partial charge in [-0.15, -0.1) is 0 Å². The number of benzene rings is 1. The summed E-state index contributed by atoms with van der Waals surface area (Å²) in [5, 5.41) is 3.63. The van der Waals surface area contributed by atoms with Crippen LogP contribution in [0.1, 0.15) is 37.7 Å². The third kappa shape index (κ3) is 3.21. The molecular weight excluding hydrogens is 242 g/mol. The SMILES string of the molecule is CNC1CCCCCC1S(=O)c1ccc(C)cc1. The van der Waals surface area contributed by atoms with Gasteiger partial charge in [0.2, 0.25) is 0 Å². The van der Waals surface area contributed by atoms with E-state index in [-0.39, 0.29) is 5.25 Å². The van der Waals surface area contributed by atoms with Crippen LogP contribution < -0.4 is 5.32 Å². The topological polar surface area (TPSA) is 29.1 Å². The van der Waals surface area contributed by atoms with Crippen LogP contribution in [0.3, 0.4) is 0 Å². The molecule has 0 spiro atoms. The first-order valence-corrected chi connectivity index (χ1v) is 8.08. The Kier molecular flexibility index (Phi) is 4.95. The number of hydrogen-bond acceptors (Lipinski definition) is 2. The summed E-state index contributed by atoms with van der Waals surface area (Å²) in [6.45, 7) is 2.06. The van der Waals surface area contributed by atoms with E-state index >= 15 is 0 Å². The first-order valence-electron chi connectivity index (χ1n) is 6.87. The molecule has 1 saturated carbocycles. The molecule has 1 fully saturated rings. The lowest BCUT2D eigenvalue weighted by Gasteiger charge is -2.24.